The number of aliphatic hydroxyl groups is 2. The molecular formula is C12H20N2O3. The summed E-state index contributed by atoms with van der Waals surface area (Å²) >= 11 is 0. The summed E-state index contributed by atoms with van der Waals surface area (Å²) in [5.41, 5.74) is 1.78. The molecule has 5 nitrogen and oxygen atoms in total. The van der Waals surface area contributed by atoms with Gasteiger partial charge in [0.25, 0.3) is 0 Å². The number of rotatable bonds is 6. The van der Waals surface area contributed by atoms with E-state index in [-0.39, 0.29) is 12.4 Å². The molecule has 0 bridgehead atoms. The number of nitrogens with zero attached hydrogens (tertiary/aromatic N) is 1. The molecule has 96 valence electrons. The first kappa shape index (κ1) is 13.9. The number of nitrogens with one attached hydrogen (secondary N) is 1. The summed E-state index contributed by atoms with van der Waals surface area (Å²) in [5, 5.41) is 31.5. The Labute approximate surface area is 101 Å². The van der Waals surface area contributed by atoms with Gasteiger partial charge in [0, 0.05) is 30.4 Å². The molecular weight excluding hydrogens is 220 g/mol. The van der Waals surface area contributed by atoms with Crippen molar-refractivity contribution in [2.24, 2.45) is 0 Å². The van der Waals surface area contributed by atoms with Crippen molar-refractivity contribution in [2.45, 2.75) is 39.5 Å². The Morgan fingerprint density at radius 1 is 1.47 bits per heavy atom. The van der Waals surface area contributed by atoms with Crippen LogP contribution in [0.5, 0.6) is 5.75 Å². The van der Waals surface area contributed by atoms with Gasteiger partial charge < -0.3 is 20.6 Å². The summed E-state index contributed by atoms with van der Waals surface area (Å²) in [6.45, 7) is 4.32. The fourth-order valence-electron chi connectivity index (χ4n) is 1.53. The molecule has 0 spiro atoms. The molecule has 1 unspecified atom stereocenters. The Kier molecular flexibility index (Phi) is 5.34. The van der Waals surface area contributed by atoms with Crippen LogP contribution in [0.25, 0.3) is 0 Å². The molecule has 1 aromatic rings. The van der Waals surface area contributed by atoms with Crippen molar-refractivity contribution in [2.75, 3.05) is 6.54 Å². The second-order valence-corrected chi connectivity index (χ2v) is 4.05. The minimum atomic E-state index is -0.391. The molecule has 0 aliphatic rings. The first-order valence-corrected chi connectivity index (χ1v) is 5.76. The van der Waals surface area contributed by atoms with E-state index >= 15 is 0 Å². The van der Waals surface area contributed by atoms with E-state index in [0.717, 1.165) is 0 Å². The average molecular weight is 240 g/mol. The molecule has 4 N–H and O–H groups in total. The highest BCUT2D eigenvalue weighted by Gasteiger charge is 2.11. The average Bonchev–Trinajstić information content (AvgIpc) is 2.34. The lowest BCUT2D eigenvalue weighted by Gasteiger charge is -2.13. The van der Waals surface area contributed by atoms with Gasteiger partial charge in [-0.1, -0.05) is 6.92 Å². The molecule has 0 amide bonds. The van der Waals surface area contributed by atoms with Crippen molar-refractivity contribution >= 4 is 0 Å². The summed E-state index contributed by atoms with van der Waals surface area (Å²) in [5.74, 6) is 0.107. The minimum Gasteiger partial charge on any atom is -0.506 e. The normalized spacial score (nSPS) is 12.7. The summed E-state index contributed by atoms with van der Waals surface area (Å²) in [6.07, 6.45) is 1.85. The highest BCUT2D eigenvalue weighted by molar-refractivity contribution is 5.40. The Morgan fingerprint density at radius 3 is 2.76 bits per heavy atom. The van der Waals surface area contributed by atoms with Gasteiger partial charge in [0.2, 0.25) is 0 Å². The molecule has 1 atom stereocenters. The van der Waals surface area contributed by atoms with Crippen LogP contribution in [-0.4, -0.2) is 33.0 Å². The molecule has 0 saturated carbocycles. The number of pyridine rings is 1. The number of aromatic hydroxyl groups is 1. The topological polar surface area (TPSA) is 85.6 Å². The number of aryl methyl sites for hydroxylation is 1. The largest absolute Gasteiger partial charge is 0.506 e. The third-order valence-corrected chi connectivity index (χ3v) is 2.75. The highest BCUT2D eigenvalue weighted by Crippen LogP contribution is 2.23. The molecule has 0 fully saturated rings. The van der Waals surface area contributed by atoms with E-state index in [1.165, 1.54) is 0 Å². The molecule has 17 heavy (non-hydrogen) atoms. The van der Waals surface area contributed by atoms with E-state index in [1.54, 1.807) is 13.1 Å². The number of hydrogen-bond acceptors (Lipinski definition) is 5. The highest BCUT2D eigenvalue weighted by atomic mass is 16.3. The summed E-state index contributed by atoms with van der Waals surface area (Å²) in [7, 11) is 0. The van der Waals surface area contributed by atoms with Gasteiger partial charge in [-0.2, -0.15) is 0 Å². The summed E-state index contributed by atoms with van der Waals surface area (Å²) in [4.78, 5) is 3.98. The smallest absolute Gasteiger partial charge is 0.141 e. The van der Waals surface area contributed by atoms with E-state index in [2.05, 4.69) is 10.3 Å². The summed E-state index contributed by atoms with van der Waals surface area (Å²) < 4.78 is 0. The van der Waals surface area contributed by atoms with Crippen molar-refractivity contribution in [1.82, 2.24) is 10.3 Å². The number of aliphatic hydroxyl groups excluding tert-OH is 2. The number of hydrogen-bond donors (Lipinski definition) is 4. The fourth-order valence-corrected chi connectivity index (χ4v) is 1.53. The molecule has 0 aliphatic heterocycles. The Hall–Kier alpha value is -1.17. The van der Waals surface area contributed by atoms with Crippen molar-refractivity contribution in [3.63, 3.8) is 0 Å². The van der Waals surface area contributed by atoms with Crippen LogP contribution >= 0.6 is 0 Å². The van der Waals surface area contributed by atoms with E-state index in [9.17, 15) is 10.2 Å². The van der Waals surface area contributed by atoms with Gasteiger partial charge in [0.1, 0.15) is 5.75 Å². The van der Waals surface area contributed by atoms with Gasteiger partial charge in [0.05, 0.1) is 18.4 Å². The van der Waals surface area contributed by atoms with Crippen LogP contribution in [0.4, 0.5) is 0 Å². The van der Waals surface area contributed by atoms with Gasteiger partial charge in [0.15, 0.2) is 0 Å². The zero-order chi connectivity index (χ0) is 12.8. The number of aromatic nitrogens is 1. The Balaban J connectivity index is 2.72. The van der Waals surface area contributed by atoms with E-state index < -0.39 is 6.10 Å². The van der Waals surface area contributed by atoms with Crippen LogP contribution in [0, 0.1) is 6.92 Å². The van der Waals surface area contributed by atoms with Crippen LogP contribution in [-0.2, 0) is 13.2 Å². The first-order chi connectivity index (χ1) is 8.10. The van der Waals surface area contributed by atoms with Gasteiger partial charge in [-0.15, -0.1) is 0 Å². The molecule has 0 radical (unpaired) electrons. The second-order valence-electron chi connectivity index (χ2n) is 4.05. The maximum atomic E-state index is 9.86. The molecule has 0 aromatic carbocycles. The fraction of sp³-hybridized carbons (Fsp3) is 0.583. The van der Waals surface area contributed by atoms with Crippen LogP contribution in [0.15, 0.2) is 6.20 Å². The van der Waals surface area contributed by atoms with Crippen molar-refractivity contribution in [1.29, 1.82) is 0 Å². The monoisotopic (exact) mass is 240 g/mol. The molecule has 1 rings (SSSR count). The molecule has 5 heteroatoms. The minimum absolute atomic E-state index is 0.107. The van der Waals surface area contributed by atoms with Crippen LogP contribution in [0.2, 0.25) is 0 Å². The third kappa shape index (κ3) is 3.66. The van der Waals surface area contributed by atoms with Crippen molar-refractivity contribution in [3.05, 3.63) is 23.0 Å². The molecule has 0 saturated heterocycles. The standard InChI is InChI=1S/C12H20N2O3/c1-3-10(16)5-13-6-11-9(7-15)4-14-8(2)12(11)17/h4,10,13,15-17H,3,5-7H2,1-2H3. The molecule has 1 heterocycles. The lowest BCUT2D eigenvalue weighted by atomic mass is 10.1. The maximum Gasteiger partial charge on any atom is 0.141 e. The molecule has 0 aliphatic carbocycles. The predicted molar refractivity (Wildman–Crippen MR) is 64.6 cm³/mol. The van der Waals surface area contributed by atoms with E-state index in [0.29, 0.717) is 36.3 Å². The zero-order valence-corrected chi connectivity index (χ0v) is 10.3. The Morgan fingerprint density at radius 2 is 2.18 bits per heavy atom. The van der Waals surface area contributed by atoms with Crippen LogP contribution in [0.3, 0.4) is 0 Å². The quantitative estimate of drug-likeness (QED) is 0.580. The van der Waals surface area contributed by atoms with Crippen LogP contribution < -0.4 is 5.32 Å². The molecule has 1 aromatic heterocycles. The Bertz CT molecular complexity index is 369. The first-order valence-electron chi connectivity index (χ1n) is 5.76. The lowest BCUT2D eigenvalue weighted by Crippen LogP contribution is -2.26. The van der Waals surface area contributed by atoms with E-state index in [4.69, 9.17) is 5.11 Å². The van der Waals surface area contributed by atoms with Crippen LogP contribution in [0.1, 0.15) is 30.2 Å². The van der Waals surface area contributed by atoms with Crippen molar-refractivity contribution < 1.29 is 15.3 Å². The second kappa shape index (κ2) is 6.54. The predicted octanol–water partition coefficient (Wildman–Crippen LogP) is 0.448. The SMILES string of the molecule is CCC(O)CNCc1c(CO)cnc(C)c1O. The van der Waals surface area contributed by atoms with Crippen molar-refractivity contribution in [3.8, 4) is 5.75 Å². The summed E-state index contributed by atoms with van der Waals surface area (Å²) in [6, 6.07) is 0. The van der Waals surface area contributed by atoms with Gasteiger partial charge in [-0.3, -0.25) is 4.98 Å². The van der Waals surface area contributed by atoms with Gasteiger partial charge in [-0.25, -0.2) is 0 Å². The zero-order valence-electron chi connectivity index (χ0n) is 10.3. The van der Waals surface area contributed by atoms with Gasteiger partial charge >= 0.3 is 0 Å². The third-order valence-electron chi connectivity index (χ3n) is 2.75. The van der Waals surface area contributed by atoms with E-state index in [1.807, 2.05) is 6.92 Å². The maximum absolute atomic E-state index is 9.86. The lowest BCUT2D eigenvalue weighted by molar-refractivity contribution is 0.167. The van der Waals surface area contributed by atoms with Gasteiger partial charge in [-0.05, 0) is 13.3 Å².